The van der Waals surface area contributed by atoms with E-state index in [1.165, 1.54) is 32.1 Å². The van der Waals surface area contributed by atoms with E-state index in [1.807, 2.05) is 19.9 Å². The highest BCUT2D eigenvalue weighted by Gasteiger charge is 2.49. The molecule has 2 aliphatic rings. The molecule has 3 heteroatoms. The molecule has 0 bridgehead atoms. The predicted octanol–water partition coefficient (Wildman–Crippen LogP) is 3.86. The summed E-state index contributed by atoms with van der Waals surface area (Å²) in [6.07, 6.45) is 15.2. The molecule has 2 nitrogen and oxygen atoms in total. The van der Waals surface area contributed by atoms with Crippen LogP contribution in [0.4, 0.5) is 0 Å². The van der Waals surface area contributed by atoms with Crippen molar-refractivity contribution in [2.75, 3.05) is 0 Å². The standard InChI is InChI=1S/C16H24O2Si/c1-4-13(3)16(5-2)15(11-12-19(17)18-16)14-9-7-6-8-10-14/h2,4,14-15H,6-12H2,1,3H3. The summed E-state index contributed by atoms with van der Waals surface area (Å²) >= 11 is 0. The SMILES string of the molecule is C#CC1(C(C)=CC)O[Si](=O)CCC1C1CCCCC1. The van der Waals surface area contributed by atoms with Gasteiger partial charge in [0.15, 0.2) is 5.60 Å². The third-order valence-electron chi connectivity index (χ3n) is 4.91. The lowest BCUT2D eigenvalue weighted by molar-refractivity contribution is 0.0219. The van der Waals surface area contributed by atoms with Gasteiger partial charge in [0, 0.05) is 12.0 Å². The second-order valence-corrected chi connectivity index (χ2v) is 7.32. The van der Waals surface area contributed by atoms with E-state index in [2.05, 4.69) is 5.92 Å². The van der Waals surface area contributed by atoms with Gasteiger partial charge < -0.3 is 8.89 Å². The summed E-state index contributed by atoms with van der Waals surface area (Å²) in [6, 6.07) is 0.701. The molecule has 1 aliphatic heterocycles. The van der Waals surface area contributed by atoms with Crippen LogP contribution in [0.3, 0.4) is 0 Å². The van der Waals surface area contributed by atoms with E-state index in [0.717, 1.165) is 12.0 Å². The van der Waals surface area contributed by atoms with Gasteiger partial charge >= 0.3 is 8.93 Å². The highest BCUT2D eigenvalue weighted by molar-refractivity contribution is 6.35. The van der Waals surface area contributed by atoms with Gasteiger partial charge in [0.25, 0.3) is 0 Å². The summed E-state index contributed by atoms with van der Waals surface area (Å²) in [7, 11) is -1.97. The molecule has 1 saturated carbocycles. The van der Waals surface area contributed by atoms with Crippen molar-refractivity contribution in [2.24, 2.45) is 11.8 Å². The van der Waals surface area contributed by atoms with Crippen molar-refractivity contribution in [1.29, 1.82) is 0 Å². The Morgan fingerprint density at radius 2 is 2.05 bits per heavy atom. The number of hydrogen-bond acceptors (Lipinski definition) is 2. The first-order valence-electron chi connectivity index (χ1n) is 7.47. The first-order chi connectivity index (χ1) is 9.14. The Hall–Kier alpha value is -0.883. The lowest BCUT2D eigenvalue weighted by atomic mass is 9.68. The number of allylic oxidation sites excluding steroid dienone is 1. The molecule has 0 radical (unpaired) electrons. The molecular weight excluding hydrogens is 252 g/mol. The summed E-state index contributed by atoms with van der Waals surface area (Å²) < 4.78 is 17.8. The molecule has 104 valence electrons. The summed E-state index contributed by atoms with van der Waals surface area (Å²) in [5.74, 6) is 3.86. The molecule has 2 fully saturated rings. The Morgan fingerprint density at radius 3 is 2.63 bits per heavy atom. The maximum Gasteiger partial charge on any atom is 0.503 e. The largest absolute Gasteiger partial charge is 0.504 e. The topological polar surface area (TPSA) is 26.3 Å². The van der Waals surface area contributed by atoms with Crippen molar-refractivity contribution in [1.82, 2.24) is 0 Å². The van der Waals surface area contributed by atoms with Crippen molar-refractivity contribution < 1.29 is 8.89 Å². The van der Waals surface area contributed by atoms with Crippen LogP contribution >= 0.6 is 0 Å². The van der Waals surface area contributed by atoms with Crippen molar-refractivity contribution in [3.63, 3.8) is 0 Å². The Labute approximate surface area is 118 Å². The van der Waals surface area contributed by atoms with Gasteiger partial charge in [0.2, 0.25) is 0 Å². The van der Waals surface area contributed by atoms with Crippen molar-refractivity contribution in [3.8, 4) is 12.3 Å². The number of rotatable bonds is 2. The van der Waals surface area contributed by atoms with Crippen molar-refractivity contribution in [2.45, 2.75) is 64.0 Å². The molecule has 2 atom stereocenters. The number of hydrogen-bond donors (Lipinski definition) is 0. The van der Waals surface area contributed by atoms with Crippen LogP contribution in [-0.4, -0.2) is 14.5 Å². The van der Waals surface area contributed by atoms with Gasteiger partial charge in [0.05, 0.1) is 0 Å². The van der Waals surface area contributed by atoms with Gasteiger partial charge in [-0.3, -0.25) is 0 Å². The van der Waals surface area contributed by atoms with E-state index in [9.17, 15) is 4.46 Å². The van der Waals surface area contributed by atoms with Gasteiger partial charge in [-0.25, -0.2) is 0 Å². The first-order valence-corrected chi connectivity index (χ1v) is 8.99. The zero-order chi connectivity index (χ0) is 13.9. The maximum absolute atomic E-state index is 11.9. The van der Waals surface area contributed by atoms with Crippen LogP contribution in [0.2, 0.25) is 6.04 Å². The Morgan fingerprint density at radius 1 is 1.37 bits per heavy atom. The maximum atomic E-state index is 11.9. The van der Waals surface area contributed by atoms with Gasteiger partial charge in [-0.1, -0.05) is 31.3 Å². The minimum atomic E-state index is -1.97. The van der Waals surface area contributed by atoms with Crippen LogP contribution in [0.25, 0.3) is 0 Å². The van der Waals surface area contributed by atoms with E-state index < -0.39 is 14.5 Å². The Kier molecular flexibility index (Phi) is 4.62. The van der Waals surface area contributed by atoms with E-state index in [1.54, 1.807) is 0 Å². The Balaban J connectivity index is 2.32. The second-order valence-electron chi connectivity index (χ2n) is 5.87. The molecule has 0 aromatic rings. The van der Waals surface area contributed by atoms with Gasteiger partial charge in [-0.15, -0.1) is 6.42 Å². The first kappa shape index (κ1) is 14.5. The van der Waals surface area contributed by atoms with Crippen LogP contribution < -0.4 is 0 Å². The lowest BCUT2D eigenvalue weighted by Gasteiger charge is -2.45. The molecule has 0 aromatic carbocycles. The van der Waals surface area contributed by atoms with Crippen LogP contribution in [0.5, 0.6) is 0 Å². The van der Waals surface area contributed by atoms with Crippen LogP contribution in [0.15, 0.2) is 11.6 Å². The average Bonchev–Trinajstić information content (AvgIpc) is 2.46. The quantitative estimate of drug-likeness (QED) is 0.435. The molecule has 2 unspecified atom stereocenters. The summed E-state index contributed by atoms with van der Waals surface area (Å²) in [4.78, 5) is 0. The van der Waals surface area contributed by atoms with Gasteiger partial charge in [-0.2, -0.15) is 0 Å². The van der Waals surface area contributed by atoms with Gasteiger partial charge in [0.1, 0.15) is 0 Å². The second kappa shape index (κ2) is 6.05. The molecule has 1 heterocycles. The Bertz CT molecular complexity index is 415. The molecular formula is C16H24O2Si. The highest BCUT2D eigenvalue weighted by Crippen LogP contribution is 2.45. The fourth-order valence-electron chi connectivity index (χ4n) is 3.72. The summed E-state index contributed by atoms with van der Waals surface area (Å²) in [5.41, 5.74) is 0.356. The van der Waals surface area contributed by atoms with Gasteiger partial charge in [-0.05, 0) is 44.6 Å². The fraction of sp³-hybridized carbons (Fsp3) is 0.750. The molecule has 2 rings (SSSR count). The molecule has 0 N–H and O–H groups in total. The molecule has 0 spiro atoms. The molecule has 19 heavy (non-hydrogen) atoms. The zero-order valence-electron chi connectivity index (χ0n) is 12.1. The number of terminal acetylenes is 1. The summed E-state index contributed by atoms with van der Waals surface area (Å²) in [5, 5.41) is 0. The molecule has 1 saturated heterocycles. The van der Waals surface area contributed by atoms with Crippen molar-refractivity contribution >= 4 is 8.93 Å². The zero-order valence-corrected chi connectivity index (χ0v) is 13.1. The minimum absolute atomic E-state index is 0.344. The van der Waals surface area contributed by atoms with E-state index in [-0.39, 0.29) is 0 Å². The van der Waals surface area contributed by atoms with Crippen molar-refractivity contribution in [3.05, 3.63) is 11.6 Å². The smallest absolute Gasteiger partial charge is 0.503 e. The molecule has 0 aromatic heterocycles. The average molecular weight is 276 g/mol. The summed E-state index contributed by atoms with van der Waals surface area (Å²) in [6.45, 7) is 4.01. The van der Waals surface area contributed by atoms with Crippen LogP contribution in [0.1, 0.15) is 52.4 Å². The van der Waals surface area contributed by atoms with Crippen LogP contribution in [0, 0.1) is 24.2 Å². The lowest BCUT2D eigenvalue weighted by Crippen LogP contribution is -2.50. The monoisotopic (exact) mass is 276 g/mol. The van der Waals surface area contributed by atoms with E-state index >= 15 is 0 Å². The minimum Gasteiger partial charge on any atom is -0.504 e. The highest BCUT2D eigenvalue weighted by atomic mass is 28.3. The van der Waals surface area contributed by atoms with E-state index in [0.29, 0.717) is 17.9 Å². The third-order valence-corrected chi connectivity index (χ3v) is 6.16. The fourth-order valence-corrected chi connectivity index (χ4v) is 5.10. The van der Waals surface area contributed by atoms with E-state index in [4.69, 9.17) is 10.8 Å². The third kappa shape index (κ3) is 2.69. The van der Waals surface area contributed by atoms with Crippen LogP contribution in [-0.2, 0) is 8.89 Å². The predicted molar refractivity (Wildman–Crippen MR) is 78.0 cm³/mol. The molecule has 0 amide bonds. The normalized spacial score (nSPS) is 33.6. The molecule has 1 aliphatic carbocycles.